The van der Waals surface area contributed by atoms with Crippen molar-refractivity contribution in [2.45, 2.75) is 13.8 Å². The lowest BCUT2D eigenvalue weighted by molar-refractivity contribution is -0.114. The number of carbonyl (C=O) groups is 2. The number of aromatic amines is 1. The first-order chi connectivity index (χ1) is 17.8. The average molecular weight is 513 g/mol. The molecule has 5 aromatic rings. The molecule has 0 bridgehead atoms. The van der Waals surface area contributed by atoms with E-state index in [1.165, 1.54) is 13.0 Å². The number of nitrogens with one attached hydrogen (secondary N) is 2. The number of aryl methyl sites for hydroxylation is 1. The molecule has 0 fully saturated rings. The highest BCUT2D eigenvalue weighted by molar-refractivity contribution is 6.33. The van der Waals surface area contributed by atoms with Crippen LogP contribution in [0.25, 0.3) is 33.5 Å². The number of carboxylic acids is 1. The van der Waals surface area contributed by atoms with Gasteiger partial charge in [0.2, 0.25) is 5.91 Å². The van der Waals surface area contributed by atoms with Gasteiger partial charge >= 0.3 is 12.0 Å². The highest BCUT2D eigenvalue weighted by Crippen LogP contribution is 2.33. The number of rotatable bonds is 6. The van der Waals surface area contributed by atoms with Gasteiger partial charge in [0, 0.05) is 23.7 Å². The lowest BCUT2D eigenvalue weighted by atomic mass is 10.0. The maximum atomic E-state index is 11.6. The lowest BCUT2D eigenvalue weighted by Gasteiger charge is -2.11. The second-order valence-electron chi connectivity index (χ2n) is 8.42. The summed E-state index contributed by atoms with van der Waals surface area (Å²) in [4.78, 5) is 35.0. The van der Waals surface area contributed by atoms with Crippen molar-refractivity contribution in [1.82, 2.24) is 15.0 Å². The van der Waals surface area contributed by atoms with Gasteiger partial charge < -0.3 is 20.1 Å². The number of carboxylic acid groups (broad SMARTS) is 1. The standard InChI is InChI=1S/C28H21ClN4O4/c1-15-7-12-19(13-21(15)27(35)36)37-28-31-24-14-22(29)25(32-26(24)33-28)18-10-8-17(9-11-18)20-5-3-4-6-23(20)30-16(2)34/h3-14H,1-2H3,(H,30,34)(H,35,36)(H,31,32,33). The molecule has 8 nitrogen and oxygen atoms in total. The first-order valence-electron chi connectivity index (χ1n) is 11.3. The van der Waals surface area contributed by atoms with Gasteiger partial charge in [0.15, 0.2) is 5.65 Å². The number of halogens is 1. The van der Waals surface area contributed by atoms with E-state index in [2.05, 4.69) is 20.3 Å². The molecule has 3 N–H and O–H groups in total. The maximum absolute atomic E-state index is 11.6. The molecule has 0 unspecified atom stereocenters. The van der Waals surface area contributed by atoms with Crippen LogP contribution in [0.1, 0.15) is 22.8 Å². The van der Waals surface area contributed by atoms with Crippen molar-refractivity contribution in [3.8, 4) is 34.1 Å². The normalized spacial score (nSPS) is 10.9. The Labute approximate surface area is 216 Å². The Balaban J connectivity index is 1.44. The fraction of sp³-hybridized carbons (Fsp3) is 0.0714. The number of anilines is 1. The zero-order chi connectivity index (χ0) is 26.1. The number of benzene rings is 3. The number of carbonyl (C=O) groups excluding carboxylic acids is 1. The molecule has 5 rings (SSSR count). The number of amides is 1. The predicted molar refractivity (Wildman–Crippen MR) is 142 cm³/mol. The number of pyridine rings is 1. The fourth-order valence-electron chi connectivity index (χ4n) is 3.99. The van der Waals surface area contributed by atoms with Gasteiger partial charge in [-0.3, -0.25) is 4.79 Å². The van der Waals surface area contributed by atoms with E-state index in [1.807, 2.05) is 48.5 Å². The number of imidazole rings is 1. The molecular weight excluding hydrogens is 492 g/mol. The Morgan fingerprint density at radius 1 is 0.973 bits per heavy atom. The number of fused-ring (bicyclic) bond motifs is 1. The maximum Gasteiger partial charge on any atom is 0.336 e. The minimum Gasteiger partial charge on any atom is -0.478 e. The largest absolute Gasteiger partial charge is 0.478 e. The molecule has 9 heteroatoms. The summed E-state index contributed by atoms with van der Waals surface area (Å²) in [6.07, 6.45) is 0. The number of para-hydroxylation sites is 1. The van der Waals surface area contributed by atoms with Crippen LogP contribution >= 0.6 is 11.6 Å². The van der Waals surface area contributed by atoms with Gasteiger partial charge in [0.1, 0.15) is 5.75 Å². The molecule has 2 heterocycles. The van der Waals surface area contributed by atoms with E-state index in [9.17, 15) is 14.7 Å². The molecule has 0 radical (unpaired) electrons. The van der Waals surface area contributed by atoms with Gasteiger partial charge in [-0.2, -0.15) is 4.98 Å². The molecule has 0 atom stereocenters. The van der Waals surface area contributed by atoms with E-state index in [4.69, 9.17) is 16.3 Å². The third-order valence-corrected chi connectivity index (χ3v) is 6.05. The molecule has 0 spiro atoms. The molecule has 0 aliphatic heterocycles. The molecule has 0 saturated carbocycles. The molecule has 37 heavy (non-hydrogen) atoms. The number of aromatic carboxylic acids is 1. The summed E-state index contributed by atoms with van der Waals surface area (Å²) in [5.41, 5.74) is 5.67. The number of hydrogen-bond donors (Lipinski definition) is 3. The minimum absolute atomic E-state index is 0.139. The van der Waals surface area contributed by atoms with Crippen LogP contribution in [0.4, 0.5) is 5.69 Å². The van der Waals surface area contributed by atoms with Gasteiger partial charge in [0.05, 0.1) is 21.8 Å². The van der Waals surface area contributed by atoms with Gasteiger partial charge in [0.25, 0.3) is 0 Å². The first-order valence-corrected chi connectivity index (χ1v) is 11.7. The highest BCUT2D eigenvalue weighted by Gasteiger charge is 2.15. The zero-order valence-electron chi connectivity index (χ0n) is 19.9. The smallest absolute Gasteiger partial charge is 0.336 e. The second kappa shape index (κ2) is 9.75. The van der Waals surface area contributed by atoms with Crippen LogP contribution in [0.15, 0.2) is 72.8 Å². The van der Waals surface area contributed by atoms with E-state index >= 15 is 0 Å². The Morgan fingerprint density at radius 3 is 2.43 bits per heavy atom. The predicted octanol–water partition coefficient (Wildman–Crippen LogP) is 6.70. The Kier molecular flexibility index (Phi) is 6.33. The van der Waals surface area contributed by atoms with Crippen LogP contribution in [0.2, 0.25) is 5.02 Å². The number of H-pyrrole nitrogens is 1. The molecular formula is C28H21ClN4O4. The van der Waals surface area contributed by atoms with E-state index in [0.717, 1.165) is 22.4 Å². The molecule has 184 valence electrons. The van der Waals surface area contributed by atoms with Crippen molar-refractivity contribution in [1.29, 1.82) is 0 Å². The first kappa shape index (κ1) is 24.0. The van der Waals surface area contributed by atoms with Gasteiger partial charge in [-0.15, -0.1) is 0 Å². The summed E-state index contributed by atoms with van der Waals surface area (Å²) in [6.45, 7) is 3.19. The molecule has 0 aliphatic rings. The van der Waals surface area contributed by atoms with E-state index < -0.39 is 5.97 Å². The Bertz CT molecular complexity index is 1660. The topological polar surface area (TPSA) is 117 Å². The van der Waals surface area contributed by atoms with Gasteiger partial charge in [-0.05, 0) is 42.3 Å². The minimum atomic E-state index is -1.03. The summed E-state index contributed by atoms with van der Waals surface area (Å²) in [5.74, 6) is -0.834. The summed E-state index contributed by atoms with van der Waals surface area (Å²) < 4.78 is 5.75. The van der Waals surface area contributed by atoms with Crippen molar-refractivity contribution in [3.05, 3.63) is 88.9 Å². The number of ether oxygens (including phenoxy) is 1. The van der Waals surface area contributed by atoms with Crippen LogP contribution in [-0.4, -0.2) is 31.9 Å². The van der Waals surface area contributed by atoms with Crippen molar-refractivity contribution in [2.24, 2.45) is 0 Å². The monoisotopic (exact) mass is 512 g/mol. The number of aromatic nitrogens is 3. The Morgan fingerprint density at radius 2 is 1.70 bits per heavy atom. The number of hydrogen-bond acceptors (Lipinski definition) is 5. The van der Waals surface area contributed by atoms with Crippen LogP contribution in [0.5, 0.6) is 11.8 Å². The van der Waals surface area contributed by atoms with E-state index in [1.54, 1.807) is 25.1 Å². The third-order valence-electron chi connectivity index (χ3n) is 5.77. The molecule has 0 aliphatic carbocycles. The highest BCUT2D eigenvalue weighted by atomic mass is 35.5. The summed E-state index contributed by atoms with van der Waals surface area (Å²) in [7, 11) is 0. The van der Waals surface area contributed by atoms with Crippen LogP contribution in [-0.2, 0) is 4.79 Å². The van der Waals surface area contributed by atoms with Gasteiger partial charge in [-0.25, -0.2) is 9.78 Å². The van der Waals surface area contributed by atoms with Crippen molar-refractivity contribution in [2.75, 3.05) is 5.32 Å². The number of nitrogens with zero attached hydrogens (tertiary/aromatic N) is 2. The van der Waals surface area contributed by atoms with Crippen molar-refractivity contribution < 1.29 is 19.4 Å². The van der Waals surface area contributed by atoms with E-state index in [0.29, 0.717) is 33.2 Å². The quantitative estimate of drug-likeness (QED) is 0.233. The van der Waals surface area contributed by atoms with Crippen molar-refractivity contribution >= 4 is 40.3 Å². The molecule has 2 aromatic heterocycles. The van der Waals surface area contributed by atoms with Crippen LogP contribution in [0, 0.1) is 6.92 Å². The average Bonchev–Trinajstić information content (AvgIpc) is 3.25. The van der Waals surface area contributed by atoms with Crippen LogP contribution in [0.3, 0.4) is 0 Å². The lowest BCUT2D eigenvalue weighted by Crippen LogP contribution is -2.06. The SMILES string of the molecule is CC(=O)Nc1ccccc1-c1ccc(-c2nc3nc(Oc4ccc(C)c(C(=O)O)c4)[nH]c3cc2Cl)cc1. The van der Waals surface area contributed by atoms with Crippen LogP contribution < -0.4 is 10.1 Å². The van der Waals surface area contributed by atoms with Gasteiger partial charge in [-0.1, -0.05) is 60.1 Å². The molecule has 0 saturated heterocycles. The summed E-state index contributed by atoms with van der Waals surface area (Å²) in [5, 5.41) is 12.6. The summed E-state index contributed by atoms with van der Waals surface area (Å²) in [6, 6.07) is 21.9. The Hall–Kier alpha value is -4.69. The van der Waals surface area contributed by atoms with E-state index in [-0.39, 0.29) is 17.5 Å². The van der Waals surface area contributed by atoms with Crippen molar-refractivity contribution in [3.63, 3.8) is 0 Å². The fourth-order valence-corrected chi connectivity index (χ4v) is 4.25. The third kappa shape index (κ3) is 5.00. The molecule has 3 aromatic carbocycles. The summed E-state index contributed by atoms with van der Waals surface area (Å²) >= 11 is 6.56. The zero-order valence-corrected chi connectivity index (χ0v) is 20.6. The molecule has 1 amide bonds. The second-order valence-corrected chi connectivity index (χ2v) is 8.83.